The van der Waals surface area contributed by atoms with Crippen molar-refractivity contribution in [3.05, 3.63) is 125 Å². The van der Waals surface area contributed by atoms with Gasteiger partial charge in [0.25, 0.3) is 0 Å². The highest BCUT2D eigenvalue weighted by Crippen LogP contribution is 2.24. The van der Waals surface area contributed by atoms with Gasteiger partial charge in [0, 0.05) is 10.9 Å². The Labute approximate surface area is 214 Å². The molecule has 0 spiro atoms. The molecular formula is C32H26F4O. The second kappa shape index (κ2) is 11.8. The molecule has 4 aromatic carbocycles. The van der Waals surface area contributed by atoms with Crippen molar-refractivity contribution in [3.8, 4) is 17.6 Å². The van der Waals surface area contributed by atoms with Crippen LogP contribution in [0, 0.1) is 17.7 Å². The number of hydrogen-bond acceptors (Lipinski definition) is 1. The van der Waals surface area contributed by atoms with E-state index in [9.17, 15) is 13.2 Å². The second-order valence-corrected chi connectivity index (χ2v) is 8.73. The molecule has 0 unspecified atom stereocenters. The fourth-order valence-electron chi connectivity index (χ4n) is 4.05. The van der Waals surface area contributed by atoms with E-state index in [0.717, 1.165) is 36.6 Å². The van der Waals surface area contributed by atoms with Crippen molar-refractivity contribution >= 4 is 10.8 Å². The first-order chi connectivity index (χ1) is 17.8. The van der Waals surface area contributed by atoms with E-state index in [2.05, 4.69) is 53.0 Å². The molecule has 0 saturated heterocycles. The van der Waals surface area contributed by atoms with Crippen LogP contribution < -0.4 is 4.74 Å². The molecule has 4 aromatic rings. The predicted octanol–water partition coefficient (Wildman–Crippen LogP) is 8.57. The largest absolute Gasteiger partial charge is 0.573 e. The lowest BCUT2D eigenvalue weighted by molar-refractivity contribution is -0.274. The third-order valence-electron chi connectivity index (χ3n) is 6.01. The first kappa shape index (κ1) is 26.0. The average molecular weight is 503 g/mol. The van der Waals surface area contributed by atoms with E-state index < -0.39 is 12.2 Å². The van der Waals surface area contributed by atoms with Crippen molar-refractivity contribution in [3.63, 3.8) is 0 Å². The highest BCUT2D eigenvalue weighted by Gasteiger charge is 2.30. The first-order valence-corrected chi connectivity index (χ1v) is 12.1. The molecule has 0 radical (unpaired) electrons. The SMILES string of the molecule is C/C=C/CCc1ccc(CCc2ccc3c(F)c(C#Cc4ccc(OC(F)(F)F)cc4)ccc3c2)cc1. The molecule has 0 heterocycles. The Morgan fingerprint density at radius 2 is 1.41 bits per heavy atom. The summed E-state index contributed by atoms with van der Waals surface area (Å²) in [6.45, 7) is 2.03. The van der Waals surface area contributed by atoms with Crippen LogP contribution in [0.25, 0.3) is 10.8 Å². The van der Waals surface area contributed by atoms with Crippen LogP contribution in [0.4, 0.5) is 17.6 Å². The Morgan fingerprint density at radius 3 is 2.08 bits per heavy atom. The Kier molecular flexibility index (Phi) is 8.30. The zero-order valence-electron chi connectivity index (χ0n) is 20.4. The Bertz CT molecular complexity index is 1440. The quantitative estimate of drug-likeness (QED) is 0.140. The summed E-state index contributed by atoms with van der Waals surface area (Å²) in [4.78, 5) is 0. The van der Waals surface area contributed by atoms with E-state index in [-0.39, 0.29) is 11.3 Å². The van der Waals surface area contributed by atoms with Crippen LogP contribution >= 0.6 is 0 Å². The fourth-order valence-corrected chi connectivity index (χ4v) is 4.05. The summed E-state index contributed by atoms with van der Waals surface area (Å²) in [5.74, 6) is 4.83. The minimum atomic E-state index is -4.75. The third kappa shape index (κ3) is 7.47. The number of halogens is 4. The van der Waals surface area contributed by atoms with Gasteiger partial charge >= 0.3 is 6.36 Å². The Hall–Kier alpha value is -4.04. The third-order valence-corrected chi connectivity index (χ3v) is 6.01. The van der Waals surface area contributed by atoms with Gasteiger partial charge < -0.3 is 4.74 Å². The zero-order chi connectivity index (χ0) is 26.3. The average Bonchev–Trinajstić information content (AvgIpc) is 2.88. The normalized spacial score (nSPS) is 11.5. The van der Waals surface area contributed by atoms with Crippen molar-refractivity contribution in [2.75, 3.05) is 0 Å². The number of aryl methyl sites for hydroxylation is 3. The lowest BCUT2D eigenvalue weighted by atomic mass is 9.98. The summed E-state index contributed by atoms with van der Waals surface area (Å²) in [6.07, 6.45) is 3.33. The number of fused-ring (bicyclic) bond motifs is 1. The number of hydrogen-bond donors (Lipinski definition) is 0. The van der Waals surface area contributed by atoms with Crippen LogP contribution in [-0.4, -0.2) is 6.36 Å². The molecule has 0 N–H and O–H groups in total. The van der Waals surface area contributed by atoms with E-state index >= 15 is 4.39 Å². The number of ether oxygens (including phenoxy) is 1. The lowest BCUT2D eigenvalue weighted by Gasteiger charge is -2.08. The number of alkyl halides is 3. The van der Waals surface area contributed by atoms with Gasteiger partial charge in [-0.25, -0.2) is 4.39 Å². The molecular weight excluding hydrogens is 476 g/mol. The van der Waals surface area contributed by atoms with Gasteiger partial charge in [-0.05, 0) is 85.0 Å². The van der Waals surface area contributed by atoms with E-state index in [1.807, 2.05) is 25.1 Å². The van der Waals surface area contributed by atoms with Gasteiger partial charge in [-0.2, -0.15) is 0 Å². The monoisotopic (exact) mass is 502 g/mol. The molecule has 0 bridgehead atoms. The first-order valence-electron chi connectivity index (χ1n) is 12.1. The topological polar surface area (TPSA) is 9.23 Å². The van der Waals surface area contributed by atoms with Crippen molar-refractivity contribution in [2.24, 2.45) is 0 Å². The van der Waals surface area contributed by atoms with Crippen LogP contribution in [0.3, 0.4) is 0 Å². The van der Waals surface area contributed by atoms with Crippen LogP contribution in [0.5, 0.6) is 5.75 Å². The minimum absolute atomic E-state index is 0.227. The Morgan fingerprint density at radius 1 is 0.757 bits per heavy atom. The maximum absolute atomic E-state index is 15.1. The zero-order valence-corrected chi connectivity index (χ0v) is 20.4. The van der Waals surface area contributed by atoms with Crippen molar-refractivity contribution < 1.29 is 22.3 Å². The molecule has 0 amide bonds. The van der Waals surface area contributed by atoms with E-state index in [0.29, 0.717) is 10.9 Å². The summed E-state index contributed by atoms with van der Waals surface area (Å²) in [5.41, 5.74) is 4.41. The molecule has 0 saturated carbocycles. The molecule has 0 aliphatic rings. The standard InChI is InChI=1S/C32H26F4O/c1-2-3-4-5-23-6-8-24(9-7-23)10-11-26-15-21-30-28(22-26)18-17-27(31(30)33)16-12-25-13-19-29(20-14-25)37-32(34,35)36/h2-3,6-9,13-15,17-22H,4-5,10-11H2,1H3/b3-2+. The van der Waals surface area contributed by atoms with Gasteiger partial charge in [0.15, 0.2) is 0 Å². The maximum Gasteiger partial charge on any atom is 0.573 e. The van der Waals surface area contributed by atoms with Gasteiger partial charge in [-0.1, -0.05) is 72.5 Å². The van der Waals surface area contributed by atoms with Gasteiger partial charge in [-0.15, -0.1) is 13.2 Å². The number of allylic oxidation sites excluding steroid dienone is 2. The van der Waals surface area contributed by atoms with Gasteiger partial charge in [0.05, 0.1) is 5.56 Å². The molecule has 0 fully saturated rings. The summed E-state index contributed by atoms with van der Waals surface area (Å²) in [7, 11) is 0. The molecule has 0 aliphatic heterocycles. The second-order valence-electron chi connectivity index (χ2n) is 8.73. The molecule has 0 atom stereocenters. The van der Waals surface area contributed by atoms with Gasteiger partial charge in [-0.3, -0.25) is 0 Å². The predicted molar refractivity (Wildman–Crippen MR) is 140 cm³/mol. The summed E-state index contributed by atoms with van der Waals surface area (Å²) in [6, 6.07) is 23.0. The summed E-state index contributed by atoms with van der Waals surface area (Å²) < 4.78 is 55.8. The number of rotatable bonds is 7. The van der Waals surface area contributed by atoms with Crippen molar-refractivity contribution in [1.29, 1.82) is 0 Å². The van der Waals surface area contributed by atoms with Crippen molar-refractivity contribution in [2.45, 2.75) is 39.0 Å². The Balaban J connectivity index is 1.42. The fraction of sp³-hybridized carbons (Fsp3) is 0.188. The summed E-state index contributed by atoms with van der Waals surface area (Å²) in [5, 5.41) is 1.28. The van der Waals surface area contributed by atoms with Gasteiger partial charge in [0.1, 0.15) is 11.6 Å². The maximum atomic E-state index is 15.1. The molecule has 5 heteroatoms. The molecule has 0 aliphatic carbocycles. The lowest BCUT2D eigenvalue weighted by Crippen LogP contribution is -2.16. The molecule has 37 heavy (non-hydrogen) atoms. The summed E-state index contributed by atoms with van der Waals surface area (Å²) >= 11 is 0. The van der Waals surface area contributed by atoms with E-state index in [4.69, 9.17) is 0 Å². The highest BCUT2D eigenvalue weighted by molar-refractivity contribution is 5.85. The van der Waals surface area contributed by atoms with Gasteiger partial charge in [0.2, 0.25) is 0 Å². The highest BCUT2D eigenvalue weighted by atomic mass is 19.4. The van der Waals surface area contributed by atoms with Crippen LogP contribution in [0.2, 0.25) is 0 Å². The molecule has 1 nitrogen and oxygen atoms in total. The molecule has 188 valence electrons. The molecule has 0 aromatic heterocycles. The minimum Gasteiger partial charge on any atom is -0.406 e. The van der Waals surface area contributed by atoms with Crippen LogP contribution in [0.15, 0.2) is 91.0 Å². The van der Waals surface area contributed by atoms with Crippen LogP contribution in [-0.2, 0) is 19.3 Å². The van der Waals surface area contributed by atoms with E-state index in [1.165, 1.54) is 35.4 Å². The molecule has 4 rings (SSSR count). The smallest absolute Gasteiger partial charge is 0.406 e. The van der Waals surface area contributed by atoms with Crippen molar-refractivity contribution in [1.82, 2.24) is 0 Å². The van der Waals surface area contributed by atoms with Crippen LogP contribution in [0.1, 0.15) is 41.2 Å². The number of benzene rings is 4. The van der Waals surface area contributed by atoms with E-state index in [1.54, 1.807) is 12.1 Å².